The summed E-state index contributed by atoms with van der Waals surface area (Å²) < 4.78 is 5.74. The Hall–Kier alpha value is -1.49. The van der Waals surface area contributed by atoms with Crippen molar-refractivity contribution in [2.45, 2.75) is 71.1 Å². The normalized spacial score (nSPS) is 21.3. The zero-order chi connectivity index (χ0) is 15.8. The second kappa shape index (κ2) is 8.83. The first-order chi connectivity index (χ1) is 10.8. The van der Waals surface area contributed by atoms with E-state index in [9.17, 15) is 5.26 Å². The van der Waals surface area contributed by atoms with Gasteiger partial charge >= 0.3 is 0 Å². The number of nitrogens with zero attached hydrogens (tertiary/aromatic N) is 1. The molecule has 2 nitrogen and oxygen atoms in total. The van der Waals surface area contributed by atoms with Gasteiger partial charge in [-0.1, -0.05) is 39.2 Å². The summed E-state index contributed by atoms with van der Waals surface area (Å²) in [6, 6.07) is 8.54. The summed E-state index contributed by atoms with van der Waals surface area (Å²) in [5.74, 6) is 2.30. The molecule has 1 aromatic carbocycles. The van der Waals surface area contributed by atoms with E-state index in [1.807, 2.05) is 6.07 Å². The molecule has 0 radical (unpaired) electrons. The van der Waals surface area contributed by atoms with E-state index in [4.69, 9.17) is 4.74 Å². The average molecular weight is 299 g/mol. The smallest absolute Gasteiger partial charge is 0.137 e. The van der Waals surface area contributed by atoms with Crippen LogP contribution in [0.2, 0.25) is 0 Å². The highest BCUT2D eigenvalue weighted by Crippen LogP contribution is 2.38. The molecule has 120 valence electrons. The van der Waals surface area contributed by atoms with Gasteiger partial charge in [0, 0.05) is 0 Å². The maximum atomic E-state index is 9.38. The van der Waals surface area contributed by atoms with Crippen molar-refractivity contribution in [1.82, 2.24) is 0 Å². The Balaban J connectivity index is 1.99. The van der Waals surface area contributed by atoms with Crippen LogP contribution in [0.1, 0.15) is 82.3 Å². The third-order valence-electron chi connectivity index (χ3n) is 4.89. The van der Waals surface area contributed by atoms with Crippen LogP contribution in [-0.4, -0.2) is 6.61 Å². The molecule has 1 fully saturated rings. The fourth-order valence-electron chi connectivity index (χ4n) is 3.53. The molecule has 0 heterocycles. The summed E-state index contributed by atoms with van der Waals surface area (Å²) >= 11 is 0. The second-order valence-electron chi connectivity index (χ2n) is 6.58. The van der Waals surface area contributed by atoms with Gasteiger partial charge in [0.15, 0.2) is 0 Å². The van der Waals surface area contributed by atoms with Crippen LogP contribution in [-0.2, 0) is 0 Å². The number of unbranched alkanes of at least 4 members (excludes halogenated alkanes) is 1. The third kappa shape index (κ3) is 4.50. The number of hydrogen-bond acceptors (Lipinski definition) is 2. The van der Waals surface area contributed by atoms with Gasteiger partial charge in [-0.2, -0.15) is 5.26 Å². The van der Waals surface area contributed by atoms with Gasteiger partial charge in [0.2, 0.25) is 0 Å². The third-order valence-corrected chi connectivity index (χ3v) is 4.89. The van der Waals surface area contributed by atoms with Crippen LogP contribution in [0.5, 0.6) is 5.75 Å². The SMILES string of the molecule is CCCCOc1ccc(C2CCC(CCC)CC2)cc1C#N. The summed E-state index contributed by atoms with van der Waals surface area (Å²) in [5.41, 5.74) is 2.03. The van der Waals surface area contributed by atoms with Crippen molar-refractivity contribution in [1.29, 1.82) is 5.26 Å². The van der Waals surface area contributed by atoms with Gasteiger partial charge in [-0.25, -0.2) is 0 Å². The second-order valence-corrected chi connectivity index (χ2v) is 6.58. The van der Waals surface area contributed by atoms with Gasteiger partial charge in [0.1, 0.15) is 11.8 Å². The molecule has 1 aliphatic carbocycles. The minimum absolute atomic E-state index is 0.630. The fraction of sp³-hybridized carbons (Fsp3) is 0.650. The molecule has 0 saturated heterocycles. The summed E-state index contributed by atoms with van der Waals surface area (Å²) in [4.78, 5) is 0. The summed E-state index contributed by atoms with van der Waals surface area (Å²) in [6.45, 7) is 5.13. The Labute approximate surface area is 135 Å². The molecule has 0 aliphatic heterocycles. The minimum Gasteiger partial charge on any atom is -0.492 e. The minimum atomic E-state index is 0.630. The van der Waals surface area contributed by atoms with Crippen LogP contribution in [0, 0.1) is 17.2 Å². The van der Waals surface area contributed by atoms with Crippen LogP contribution in [0.4, 0.5) is 0 Å². The molecular formula is C20H29NO. The quantitative estimate of drug-likeness (QED) is 0.595. The Kier molecular flexibility index (Phi) is 6.77. The summed E-state index contributed by atoms with van der Waals surface area (Å²) in [5, 5.41) is 9.38. The number of nitriles is 1. The highest BCUT2D eigenvalue weighted by molar-refractivity contribution is 5.46. The molecule has 2 heteroatoms. The lowest BCUT2D eigenvalue weighted by Crippen LogP contribution is -2.13. The first-order valence-corrected chi connectivity index (χ1v) is 8.95. The van der Waals surface area contributed by atoms with Crippen molar-refractivity contribution in [2.24, 2.45) is 5.92 Å². The van der Waals surface area contributed by atoms with E-state index in [1.54, 1.807) is 0 Å². The number of hydrogen-bond donors (Lipinski definition) is 0. The Morgan fingerprint density at radius 2 is 1.91 bits per heavy atom. The molecule has 0 N–H and O–H groups in total. The molecule has 22 heavy (non-hydrogen) atoms. The van der Waals surface area contributed by atoms with Crippen molar-refractivity contribution in [3.05, 3.63) is 29.3 Å². The highest BCUT2D eigenvalue weighted by Gasteiger charge is 2.22. The van der Waals surface area contributed by atoms with Crippen LogP contribution in [0.25, 0.3) is 0 Å². The van der Waals surface area contributed by atoms with Gasteiger partial charge in [-0.15, -0.1) is 0 Å². The molecule has 2 rings (SSSR count). The van der Waals surface area contributed by atoms with Crippen LogP contribution in [0.15, 0.2) is 18.2 Å². The largest absolute Gasteiger partial charge is 0.492 e. The molecule has 0 atom stereocenters. The van der Waals surface area contributed by atoms with E-state index < -0.39 is 0 Å². The maximum Gasteiger partial charge on any atom is 0.137 e. The summed E-state index contributed by atoms with van der Waals surface area (Å²) in [6.07, 6.45) is 10.1. The van der Waals surface area contributed by atoms with Crippen molar-refractivity contribution < 1.29 is 4.74 Å². The first-order valence-electron chi connectivity index (χ1n) is 8.95. The lowest BCUT2D eigenvalue weighted by Gasteiger charge is -2.28. The molecule has 0 bridgehead atoms. The molecule has 0 amide bonds. The van der Waals surface area contributed by atoms with E-state index in [-0.39, 0.29) is 0 Å². The lowest BCUT2D eigenvalue weighted by atomic mass is 9.77. The molecule has 0 spiro atoms. The zero-order valence-electron chi connectivity index (χ0n) is 14.1. The zero-order valence-corrected chi connectivity index (χ0v) is 14.1. The fourth-order valence-corrected chi connectivity index (χ4v) is 3.53. The molecule has 0 unspecified atom stereocenters. The lowest BCUT2D eigenvalue weighted by molar-refractivity contribution is 0.304. The molecular weight excluding hydrogens is 270 g/mol. The van der Waals surface area contributed by atoms with E-state index in [2.05, 4.69) is 32.0 Å². The topological polar surface area (TPSA) is 33.0 Å². The summed E-state index contributed by atoms with van der Waals surface area (Å²) in [7, 11) is 0. The van der Waals surface area contributed by atoms with Crippen LogP contribution in [0.3, 0.4) is 0 Å². The molecule has 1 aliphatic rings. The van der Waals surface area contributed by atoms with Gasteiger partial charge in [0.25, 0.3) is 0 Å². The number of ether oxygens (including phenoxy) is 1. The molecule has 1 aromatic rings. The van der Waals surface area contributed by atoms with Gasteiger partial charge in [-0.05, 0) is 61.6 Å². The Morgan fingerprint density at radius 3 is 2.55 bits per heavy atom. The van der Waals surface area contributed by atoms with Gasteiger partial charge in [-0.3, -0.25) is 0 Å². The van der Waals surface area contributed by atoms with E-state index in [1.165, 1.54) is 44.1 Å². The average Bonchev–Trinajstić information content (AvgIpc) is 2.56. The van der Waals surface area contributed by atoms with Gasteiger partial charge < -0.3 is 4.74 Å². The molecule has 1 saturated carbocycles. The molecule has 0 aromatic heterocycles. The van der Waals surface area contributed by atoms with Crippen molar-refractivity contribution in [3.8, 4) is 11.8 Å². The maximum absolute atomic E-state index is 9.38. The van der Waals surface area contributed by atoms with Crippen molar-refractivity contribution in [2.75, 3.05) is 6.61 Å². The van der Waals surface area contributed by atoms with E-state index in [0.717, 1.165) is 24.5 Å². The highest BCUT2D eigenvalue weighted by atomic mass is 16.5. The Bertz CT molecular complexity index is 495. The van der Waals surface area contributed by atoms with Crippen LogP contribution < -0.4 is 4.74 Å². The van der Waals surface area contributed by atoms with Gasteiger partial charge in [0.05, 0.1) is 12.2 Å². The Morgan fingerprint density at radius 1 is 1.14 bits per heavy atom. The van der Waals surface area contributed by atoms with Crippen molar-refractivity contribution >= 4 is 0 Å². The van der Waals surface area contributed by atoms with Crippen molar-refractivity contribution in [3.63, 3.8) is 0 Å². The van der Waals surface area contributed by atoms with E-state index >= 15 is 0 Å². The number of benzene rings is 1. The standard InChI is InChI=1S/C20H29NO/c1-3-5-13-22-20-12-11-18(14-19(20)15-21)17-9-7-16(6-4-2)8-10-17/h11-12,14,16-17H,3-10,13H2,1-2H3. The first kappa shape index (κ1) is 16.9. The predicted octanol–water partition coefficient (Wildman–Crippen LogP) is 5.81. The predicted molar refractivity (Wildman–Crippen MR) is 91.2 cm³/mol. The van der Waals surface area contributed by atoms with E-state index in [0.29, 0.717) is 18.1 Å². The monoisotopic (exact) mass is 299 g/mol. The van der Waals surface area contributed by atoms with Crippen LogP contribution >= 0.6 is 0 Å². The number of rotatable bonds is 7.